The van der Waals surface area contributed by atoms with E-state index in [9.17, 15) is 4.79 Å². The van der Waals surface area contributed by atoms with Crippen molar-refractivity contribution in [3.05, 3.63) is 47.2 Å². The summed E-state index contributed by atoms with van der Waals surface area (Å²) in [7, 11) is 0. The maximum Gasteiger partial charge on any atom is 0.262 e. The van der Waals surface area contributed by atoms with Gasteiger partial charge in [0.15, 0.2) is 6.61 Å². The zero-order valence-corrected chi connectivity index (χ0v) is 11.6. The first-order valence-electron chi connectivity index (χ1n) is 5.54. The van der Waals surface area contributed by atoms with E-state index in [1.165, 1.54) is 0 Å². The first-order chi connectivity index (χ1) is 9.15. The van der Waals surface area contributed by atoms with Crippen molar-refractivity contribution < 1.29 is 9.53 Å². The zero-order valence-electron chi connectivity index (χ0n) is 9.97. The van der Waals surface area contributed by atoms with Gasteiger partial charge in [0.05, 0.1) is 17.6 Å². The summed E-state index contributed by atoms with van der Waals surface area (Å²) in [6.07, 6.45) is 1.55. The number of hydrogen-bond acceptors (Lipinski definition) is 4. The number of pyridine rings is 1. The minimum Gasteiger partial charge on any atom is -0.482 e. The van der Waals surface area contributed by atoms with Crippen molar-refractivity contribution in [1.82, 2.24) is 4.98 Å². The fourth-order valence-corrected chi connectivity index (χ4v) is 1.64. The summed E-state index contributed by atoms with van der Waals surface area (Å²) in [5.74, 6) is 0.221. The molecule has 0 bridgehead atoms. The molecule has 0 aliphatic carbocycles. The summed E-state index contributed by atoms with van der Waals surface area (Å²) in [6.45, 7) is -0.107. The summed E-state index contributed by atoms with van der Waals surface area (Å²) in [5, 5.41) is 2.67. The van der Waals surface area contributed by atoms with Gasteiger partial charge in [0, 0.05) is 0 Å². The Bertz CT molecular complexity index is 572. The molecule has 3 N–H and O–H groups in total. The van der Waals surface area contributed by atoms with Gasteiger partial charge >= 0.3 is 0 Å². The zero-order chi connectivity index (χ0) is 13.7. The molecule has 1 amide bonds. The Morgan fingerprint density at radius 1 is 1.32 bits per heavy atom. The molecule has 19 heavy (non-hydrogen) atoms. The molecule has 2 aromatic rings. The minimum atomic E-state index is -0.271. The molecule has 0 aliphatic heterocycles. The van der Waals surface area contributed by atoms with Gasteiger partial charge in [0.25, 0.3) is 5.91 Å². The van der Waals surface area contributed by atoms with Crippen LogP contribution < -0.4 is 15.8 Å². The van der Waals surface area contributed by atoms with Gasteiger partial charge in [-0.3, -0.25) is 4.79 Å². The topological polar surface area (TPSA) is 77.2 Å². The molecule has 0 saturated carbocycles. The Morgan fingerprint density at radius 3 is 2.79 bits per heavy atom. The Balaban J connectivity index is 1.88. The molecular formula is C13H12BrN3O2. The van der Waals surface area contributed by atoms with E-state index in [-0.39, 0.29) is 12.5 Å². The summed E-state index contributed by atoms with van der Waals surface area (Å²) >= 11 is 3.22. The van der Waals surface area contributed by atoms with Crippen LogP contribution in [0.1, 0.15) is 0 Å². The van der Waals surface area contributed by atoms with Crippen LogP contribution in [0.3, 0.4) is 0 Å². The van der Waals surface area contributed by atoms with Crippen LogP contribution in [-0.4, -0.2) is 17.5 Å². The van der Waals surface area contributed by atoms with Gasteiger partial charge in [-0.15, -0.1) is 0 Å². The quantitative estimate of drug-likeness (QED) is 0.669. The van der Waals surface area contributed by atoms with Gasteiger partial charge in [0.1, 0.15) is 10.4 Å². The molecule has 1 heterocycles. The van der Waals surface area contributed by atoms with E-state index >= 15 is 0 Å². The third kappa shape index (κ3) is 3.96. The Hall–Kier alpha value is -2.08. The maximum absolute atomic E-state index is 11.7. The van der Waals surface area contributed by atoms with E-state index < -0.39 is 0 Å². The average Bonchev–Trinajstić information content (AvgIpc) is 2.40. The standard InChI is InChI=1S/C13H12BrN3O2/c14-12-6-5-9(7-16-12)17-13(18)8-19-11-4-2-1-3-10(11)15/h1-7H,8,15H2,(H,17,18). The van der Waals surface area contributed by atoms with Gasteiger partial charge in [-0.05, 0) is 40.2 Å². The number of carbonyl (C=O) groups excluding carboxylic acids is 1. The van der Waals surface area contributed by atoms with Crippen molar-refractivity contribution in [2.24, 2.45) is 0 Å². The predicted molar refractivity (Wildman–Crippen MR) is 76.9 cm³/mol. The van der Waals surface area contributed by atoms with Crippen LogP contribution in [0.5, 0.6) is 5.75 Å². The third-order valence-corrected chi connectivity index (χ3v) is 2.76. The van der Waals surface area contributed by atoms with E-state index in [2.05, 4.69) is 26.2 Å². The van der Waals surface area contributed by atoms with E-state index in [0.29, 0.717) is 21.7 Å². The Labute approximate surface area is 118 Å². The molecule has 0 unspecified atom stereocenters. The molecule has 1 aromatic heterocycles. The van der Waals surface area contributed by atoms with Crippen LogP contribution in [0.15, 0.2) is 47.2 Å². The maximum atomic E-state index is 11.7. The lowest BCUT2D eigenvalue weighted by Crippen LogP contribution is -2.20. The van der Waals surface area contributed by atoms with Crippen molar-refractivity contribution in [3.8, 4) is 5.75 Å². The molecule has 0 atom stereocenters. The molecule has 98 valence electrons. The number of amides is 1. The van der Waals surface area contributed by atoms with Crippen LogP contribution in [0.4, 0.5) is 11.4 Å². The number of hydrogen-bond donors (Lipinski definition) is 2. The Morgan fingerprint density at radius 2 is 2.11 bits per heavy atom. The van der Waals surface area contributed by atoms with E-state index in [1.807, 2.05) is 0 Å². The first kappa shape index (κ1) is 13.4. The van der Waals surface area contributed by atoms with E-state index in [1.54, 1.807) is 42.6 Å². The van der Waals surface area contributed by atoms with Crippen LogP contribution in [0, 0.1) is 0 Å². The number of nitrogens with one attached hydrogen (secondary N) is 1. The van der Waals surface area contributed by atoms with Crippen LogP contribution in [-0.2, 0) is 4.79 Å². The van der Waals surface area contributed by atoms with Gasteiger partial charge in [-0.25, -0.2) is 4.98 Å². The van der Waals surface area contributed by atoms with Crippen LogP contribution >= 0.6 is 15.9 Å². The van der Waals surface area contributed by atoms with Crippen molar-refractivity contribution in [3.63, 3.8) is 0 Å². The van der Waals surface area contributed by atoms with Crippen LogP contribution in [0.2, 0.25) is 0 Å². The monoisotopic (exact) mass is 321 g/mol. The highest BCUT2D eigenvalue weighted by atomic mass is 79.9. The third-order valence-electron chi connectivity index (χ3n) is 2.29. The lowest BCUT2D eigenvalue weighted by molar-refractivity contribution is -0.118. The lowest BCUT2D eigenvalue weighted by atomic mass is 10.3. The van der Waals surface area contributed by atoms with E-state index in [0.717, 1.165) is 0 Å². The highest BCUT2D eigenvalue weighted by Crippen LogP contribution is 2.19. The Kier molecular flexibility index (Phi) is 4.35. The normalized spacial score (nSPS) is 9.95. The summed E-state index contributed by atoms with van der Waals surface area (Å²) < 4.78 is 6.04. The number of ether oxygens (including phenoxy) is 1. The number of carbonyl (C=O) groups is 1. The summed E-state index contributed by atoms with van der Waals surface area (Å²) in [5.41, 5.74) is 6.81. The molecule has 2 rings (SSSR count). The fourth-order valence-electron chi connectivity index (χ4n) is 1.40. The van der Waals surface area contributed by atoms with Crippen molar-refractivity contribution in [1.29, 1.82) is 0 Å². The molecule has 0 saturated heterocycles. The molecule has 6 heteroatoms. The van der Waals surface area contributed by atoms with Gasteiger partial charge < -0.3 is 15.8 Å². The number of anilines is 2. The predicted octanol–water partition coefficient (Wildman–Crippen LogP) is 2.44. The molecule has 0 radical (unpaired) electrons. The number of nitrogen functional groups attached to an aromatic ring is 1. The van der Waals surface area contributed by atoms with Gasteiger partial charge in [-0.2, -0.15) is 0 Å². The average molecular weight is 322 g/mol. The molecule has 0 fully saturated rings. The minimum absolute atomic E-state index is 0.107. The lowest BCUT2D eigenvalue weighted by Gasteiger charge is -2.08. The molecule has 0 aliphatic rings. The SMILES string of the molecule is Nc1ccccc1OCC(=O)Nc1ccc(Br)nc1. The molecular weight excluding hydrogens is 310 g/mol. The van der Waals surface area contributed by atoms with Crippen molar-refractivity contribution in [2.45, 2.75) is 0 Å². The second-order valence-electron chi connectivity index (χ2n) is 3.74. The molecule has 1 aromatic carbocycles. The van der Waals surface area contributed by atoms with Crippen LogP contribution in [0.25, 0.3) is 0 Å². The highest BCUT2D eigenvalue weighted by Gasteiger charge is 2.05. The van der Waals surface area contributed by atoms with Gasteiger partial charge in [-0.1, -0.05) is 12.1 Å². The number of benzene rings is 1. The molecule has 0 spiro atoms. The molecule has 5 nitrogen and oxygen atoms in total. The van der Waals surface area contributed by atoms with Crippen molar-refractivity contribution >= 4 is 33.2 Å². The fraction of sp³-hybridized carbons (Fsp3) is 0.0769. The number of halogens is 1. The second-order valence-corrected chi connectivity index (χ2v) is 4.56. The number of nitrogens with two attached hydrogens (primary N) is 1. The summed E-state index contributed by atoms with van der Waals surface area (Å²) in [6, 6.07) is 10.5. The number of rotatable bonds is 4. The van der Waals surface area contributed by atoms with Crippen molar-refractivity contribution in [2.75, 3.05) is 17.7 Å². The largest absolute Gasteiger partial charge is 0.482 e. The smallest absolute Gasteiger partial charge is 0.262 e. The second kappa shape index (κ2) is 6.19. The first-order valence-corrected chi connectivity index (χ1v) is 6.33. The van der Waals surface area contributed by atoms with E-state index in [4.69, 9.17) is 10.5 Å². The number of para-hydroxylation sites is 2. The van der Waals surface area contributed by atoms with Gasteiger partial charge in [0.2, 0.25) is 0 Å². The number of aromatic nitrogens is 1. The number of nitrogens with zero attached hydrogens (tertiary/aromatic N) is 1. The summed E-state index contributed by atoms with van der Waals surface area (Å²) in [4.78, 5) is 15.7. The highest BCUT2D eigenvalue weighted by molar-refractivity contribution is 9.10.